The molecule has 4 atom stereocenters. The quantitative estimate of drug-likeness (QED) is 0.172. The van der Waals surface area contributed by atoms with Crippen LogP contribution in [-0.4, -0.2) is 28.6 Å². The van der Waals surface area contributed by atoms with Crippen molar-refractivity contribution >= 4 is 23.5 Å². The van der Waals surface area contributed by atoms with Crippen LogP contribution in [0, 0.1) is 0 Å². The van der Waals surface area contributed by atoms with Crippen LogP contribution in [0.3, 0.4) is 0 Å². The molecule has 1 saturated heterocycles. The van der Waals surface area contributed by atoms with Gasteiger partial charge in [0, 0.05) is 5.75 Å². The standard InChI is InChI=1S/C33H34O3S2/c1-5-13-26(14-6-1)21-34-24-30-31(35-22-27-15-7-2-8-16-27)32(36-23-28-17-9-3-10-18-28)33(38-30)37-25-29-19-11-4-12-20-29/h1-20,30-33H,21-25H2. The Hall–Kier alpha value is -2.54. The molecule has 4 aromatic carbocycles. The van der Waals surface area contributed by atoms with Gasteiger partial charge >= 0.3 is 0 Å². The summed E-state index contributed by atoms with van der Waals surface area (Å²) in [7, 11) is 0. The second-order valence-electron chi connectivity index (χ2n) is 9.36. The third-order valence-electron chi connectivity index (χ3n) is 6.49. The van der Waals surface area contributed by atoms with Gasteiger partial charge < -0.3 is 14.2 Å². The van der Waals surface area contributed by atoms with E-state index in [-0.39, 0.29) is 22.0 Å². The van der Waals surface area contributed by atoms with Crippen molar-refractivity contribution in [1.29, 1.82) is 0 Å². The van der Waals surface area contributed by atoms with Gasteiger partial charge in [0.2, 0.25) is 0 Å². The Morgan fingerprint density at radius 3 is 1.50 bits per heavy atom. The molecule has 4 unspecified atom stereocenters. The maximum atomic E-state index is 6.66. The fourth-order valence-corrected chi connectivity index (χ4v) is 7.71. The van der Waals surface area contributed by atoms with E-state index in [4.69, 9.17) is 14.2 Å². The second-order valence-corrected chi connectivity index (χ2v) is 12.2. The molecule has 1 fully saturated rings. The van der Waals surface area contributed by atoms with Crippen LogP contribution in [0.2, 0.25) is 0 Å². The molecule has 38 heavy (non-hydrogen) atoms. The first kappa shape index (κ1) is 27.0. The molecule has 1 aliphatic rings. The van der Waals surface area contributed by atoms with Crippen molar-refractivity contribution in [3.8, 4) is 0 Å². The average Bonchev–Trinajstić information content (AvgIpc) is 3.32. The number of benzene rings is 4. The first-order chi connectivity index (χ1) is 18.8. The van der Waals surface area contributed by atoms with E-state index in [9.17, 15) is 0 Å². The number of hydrogen-bond donors (Lipinski definition) is 0. The third kappa shape index (κ3) is 7.98. The highest BCUT2D eigenvalue weighted by Crippen LogP contribution is 2.45. The van der Waals surface area contributed by atoms with Gasteiger partial charge in [0.05, 0.1) is 36.3 Å². The molecule has 5 heteroatoms. The van der Waals surface area contributed by atoms with Crippen molar-refractivity contribution in [2.45, 2.75) is 47.6 Å². The first-order valence-corrected chi connectivity index (χ1v) is 15.1. The Labute approximate surface area is 234 Å². The van der Waals surface area contributed by atoms with E-state index >= 15 is 0 Å². The summed E-state index contributed by atoms with van der Waals surface area (Å²) in [6.07, 6.45) is -0.129. The maximum absolute atomic E-state index is 6.66. The summed E-state index contributed by atoms with van der Waals surface area (Å²) in [5, 5.41) is 0.177. The van der Waals surface area contributed by atoms with Crippen LogP contribution in [-0.2, 0) is 39.8 Å². The minimum atomic E-state index is -0.0760. The molecular formula is C33H34O3S2. The lowest BCUT2D eigenvalue weighted by atomic mass is 10.1. The van der Waals surface area contributed by atoms with E-state index in [1.54, 1.807) is 0 Å². The van der Waals surface area contributed by atoms with E-state index in [1.807, 2.05) is 41.7 Å². The predicted molar refractivity (Wildman–Crippen MR) is 159 cm³/mol. The second kappa shape index (κ2) is 14.6. The first-order valence-electron chi connectivity index (χ1n) is 13.1. The van der Waals surface area contributed by atoms with Gasteiger partial charge in [-0.05, 0) is 22.3 Å². The van der Waals surface area contributed by atoms with Crippen LogP contribution in [0.25, 0.3) is 0 Å². The Kier molecular flexibility index (Phi) is 10.4. The zero-order valence-electron chi connectivity index (χ0n) is 21.4. The molecule has 0 amide bonds. The number of ether oxygens (including phenoxy) is 3. The number of rotatable bonds is 13. The van der Waals surface area contributed by atoms with E-state index in [0.717, 1.165) is 5.75 Å². The highest BCUT2D eigenvalue weighted by atomic mass is 32.2. The fraction of sp³-hybridized carbons (Fsp3) is 0.273. The Balaban J connectivity index is 1.31. The Bertz CT molecular complexity index is 1190. The van der Waals surface area contributed by atoms with Crippen LogP contribution in [0.5, 0.6) is 0 Å². The minimum absolute atomic E-state index is 0.0528. The lowest BCUT2D eigenvalue weighted by molar-refractivity contribution is -0.0793. The fourth-order valence-electron chi connectivity index (χ4n) is 4.49. The summed E-state index contributed by atoms with van der Waals surface area (Å²) in [5.74, 6) is 0.937. The molecule has 196 valence electrons. The smallest absolute Gasteiger partial charge is 0.106 e. The monoisotopic (exact) mass is 542 g/mol. The lowest BCUT2D eigenvalue weighted by Crippen LogP contribution is -2.38. The van der Waals surface area contributed by atoms with Crippen molar-refractivity contribution in [2.75, 3.05) is 6.61 Å². The zero-order chi connectivity index (χ0) is 25.8. The molecule has 3 nitrogen and oxygen atoms in total. The molecular weight excluding hydrogens is 508 g/mol. The number of hydrogen-bond acceptors (Lipinski definition) is 5. The van der Waals surface area contributed by atoms with Gasteiger partial charge in [0.25, 0.3) is 0 Å². The molecule has 1 heterocycles. The SMILES string of the molecule is c1ccc(COCC2SC(SCc3ccccc3)C(OCc3ccccc3)C2OCc2ccccc2)cc1. The topological polar surface area (TPSA) is 27.7 Å². The Morgan fingerprint density at radius 1 is 0.526 bits per heavy atom. The van der Waals surface area contributed by atoms with Crippen molar-refractivity contribution < 1.29 is 14.2 Å². The van der Waals surface area contributed by atoms with Crippen LogP contribution in [0.1, 0.15) is 22.3 Å². The van der Waals surface area contributed by atoms with Gasteiger partial charge in [-0.3, -0.25) is 0 Å². The molecule has 0 radical (unpaired) electrons. The highest BCUT2D eigenvalue weighted by Gasteiger charge is 2.46. The zero-order valence-corrected chi connectivity index (χ0v) is 23.1. The largest absolute Gasteiger partial charge is 0.376 e. The molecule has 0 aromatic heterocycles. The average molecular weight is 543 g/mol. The van der Waals surface area contributed by atoms with E-state index in [2.05, 4.69) is 103 Å². The predicted octanol–water partition coefficient (Wildman–Crippen LogP) is 7.75. The van der Waals surface area contributed by atoms with Crippen molar-refractivity contribution in [1.82, 2.24) is 0 Å². The molecule has 5 rings (SSSR count). The summed E-state index contributed by atoms with van der Waals surface area (Å²) < 4.78 is 19.8. The summed E-state index contributed by atoms with van der Waals surface area (Å²) in [4.78, 5) is 0. The van der Waals surface area contributed by atoms with E-state index in [1.165, 1.54) is 22.3 Å². The maximum Gasteiger partial charge on any atom is 0.106 e. The Morgan fingerprint density at radius 2 is 0.974 bits per heavy atom. The van der Waals surface area contributed by atoms with E-state index in [0.29, 0.717) is 26.4 Å². The molecule has 0 saturated carbocycles. The molecule has 0 N–H and O–H groups in total. The van der Waals surface area contributed by atoms with Crippen molar-refractivity contribution in [2.24, 2.45) is 0 Å². The van der Waals surface area contributed by atoms with Gasteiger partial charge in [-0.15, -0.1) is 23.5 Å². The van der Waals surface area contributed by atoms with Crippen molar-refractivity contribution in [3.63, 3.8) is 0 Å². The van der Waals surface area contributed by atoms with Gasteiger partial charge in [-0.25, -0.2) is 0 Å². The minimum Gasteiger partial charge on any atom is -0.376 e. The molecule has 4 aromatic rings. The van der Waals surface area contributed by atoms with Gasteiger partial charge in [-0.1, -0.05) is 121 Å². The van der Waals surface area contributed by atoms with Crippen LogP contribution in [0.4, 0.5) is 0 Å². The molecule has 0 spiro atoms. The summed E-state index contributed by atoms with van der Waals surface area (Å²) in [5.41, 5.74) is 4.85. The van der Waals surface area contributed by atoms with E-state index < -0.39 is 0 Å². The summed E-state index contributed by atoms with van der Waals surface area (Å²) >= 11 is 3.88. The summed E-state index contributed by atoms with van der Waals surface area (Å²) in [6.45, 7) is 2.34. The van der Waals surface area contributed by atoms with Gasteiger partial charge in [0.1, 0.15) is 12.2 Å². The number of thioether (sulfide) groups is 2. The molecule has 1 aliphatic heterocycles. The normalized spacial score (nSPS) is 20.9. The van der Waals surface area contributed by atoms with Gasteiger partial charge in [0.15, 0.2) is 0 Å². The van der Waals surface area contributed by atoms with Gasteiger partial charge in [-0.2, -0.15) is 0 Å². The van der Waals surface area contributed by atoms with Crippen LogP contribution >= 0.6 is 23.5 Å². The van der Waals surface area contributed by atoms with Crippen molar-refractivity contribution in [3.05, 3.63) is 144 Å². The van der Waals surface area contributed by atoms with Crippen LogP contribution in [0.15, 0.2) is 121 Å². The molecule has 0 bridgehead atoms. The lowest BCUT2D eigenvalue weighted by Gasteiger charge is -2.26. The highest BCUT2D eigenvalue weighted by molar-refractivity contribution is 8.17. The third-order valence-corrected chi connectivity index (χ3v) is 9.62. The summed E-state index contributed by atoms with van der Waals surface area (Å²) in [6, 6.07) is 41.8. The molecule has 0 aliphatic carbocycles. The van der Waals surface area contributed by atoms with Crippen LogP contribution < -0.4 is 0 Å².